The predicted octanol–water partition coefficient (Wildman–Crippen LogP) is 7.44. The summed E-state index contributed by atoms with van der Waals surface area (Å²) >= 11 is 0. The molecule has 6 aromatic rings. The van der Waals surface area contributed by atoms with Crippen LogP contribution in [0.3, 0.4) is 0 Å². The Balaban J connectivity index is 1.35. The minimum Gasteiger partial charge on any atom is -0.312 e. The van der Waals surface area contributed by atoms with E-state index in [1.165, 1.54) is 50.3 Å². The second-order valence-electron chi connectivity index (χ2n) is 10.2. The highest BCUT2D eigenvalue weighted by atomic mass is 15.2. The van der Waals surface area contributed by atoms with E-state index in [0.29, 0.717) is 0 Å². The van der Waals surface area contributed by atoms with Crippen molar-refractivity contribution in [1.29, 1.82) is 0 Å². The van der Waals surface area contributed by atoms with Crippen molar-refractivity contribution in [3.05, 3.63) is 152 Å². The lowest BCUT2D eigenvalue weighted by Crippen LogP contribution is -2.54. The first kappa shape index (κ1) is 22.0. The molecule has 8 rings (SSSR count). The van der Waals surface area contributed by atoms with Gasteiger partial charge in [-0.3, -0.25) is 0 Å². The van der Waals surface area contributed by atoms with Gasteiger partial charge in [0.2, 0.25) is 6.71 Å². The zero-order valence-corrected chi connectivity index (χ0v) is 21.4. The average Bonchev–Trinajstić information content (AvgIpc) is 3.34. The first-order valence-corrected chi connectivity index (χ1v) is 13.5. The van der Waals surface area contributed by atoms with Crippen LogP contribution >= 0.6 is 0 Å². The van der Waals surface area contributed by atoms with E-state index < -0.39 is 0 Å². The number of anilines is 6. The van der Waals surface area contributed by atoms with Gasteiger partial charge in [-0.1, -0.05) is 96.5 Å². The lowest BCUT2D eigenvalue weighted by molar-refractivity contribution is 1.29. The molecule has 0 aromatic heterocycles. The summed E-state index contributed by atoms with van der Waals surface area (Å²) in [5.74, 6) is 0. The number of hydrogen-bond acceptors (Lipinski definition) is 2. The van der Waals surface area contributed by atoms with Gasteiger partial charge in [-0.2, -0.15) is 0 Å². The van der Waals surface area contributed by atoms with E-state index in [1.54, 1.807) is 0 Å². The van der Waals surface area contributed by atoms with Crippen molar-refractivity contribution in [2.45, 2.75) is 0 Å². The van der Waals surface area contributed by atoms with Crippen LogP contribution in [0.1, 0.15) is 0 Å². The number of rotatable bonds is 4. The van der Waals surface area contributed by atoms with Crippen molar-refractivity contribution in [1.82, 2.24) is 0 Å². The summed E-state index contributed by atoms with van der Waals surface area (Å²) in [5, 5.41) is 0. The fraction of sp³-hybridized carbons (Fsp3) is 0. The fourth-order valence-electron chi connectivity index (χ4n) is 6.46. The monoisotopic (exact) mass is 496 g/mol. The molecule has 0 aliphatic carbocycles. The molecule has 0 radical (unpaired) electrons. The van der Waals surface area contributed by atoms with Crippen molar-refractivity contribution >= 4 is 57.2 Å². The Bertz CT molecular complexity index is 1780. The maximum atomic E-state index is 2.43. The normalized spacial score (nSPS) is 12.5. The molecule has 0 fully saturated rings. The van der Waals surface area contributed by atoms with E-state index >= 15 is 0 Å². The fourth-order valence-corrected chi connectivity index (χ4v) is 6.46. The molecule has 0 bridgehead atoms. The van der Waals surface area contributed by atoms with Crippen LogP contribution in [0.5, 0.6) is 0 Å². The lowest BCUT2D eigenvalue weighted by atomic mass is 9.37. The molecule has 3 heteroatoms. The molecule has 182 valence electrons. The maximum Gasteiger partial charge on any atom is 0.248 e. The van der Waals surface area contributed by atoms with Crippen LogP contribution in [0.2, 0.25) is 0 Å². The highest BCUT2D eigenvalue weighted by molar-refractivity contribution is 7.01. The average molecular weight is 496 g/mol. The minimum atomic E-state index is 0.190. The molecular formula is C36H25BN2. The van der Waals surface area contributed by atoms with Gasteiger partial charge in [0.15, 0.2) is 0 Å². The quantitative estimate of drug-likeness (QED) is 0.234. The van der Waals surface area contributed by atoms with Crippen LogP contribution in [0.15, 0.2) is 152 Å². The molecule has 0 amide bonds. The Morgan fingerprint density at radius 2 is 1.05 bits per heavy atom. The predicted molar refractivity (Wildman–Crippen MR) is 166 cm³/mol. The van der Waals surface area contributed by atoms with Gasteiger partial charge in [0.1, 0.15) is 0 Å². The van der Waals surface area contributed by atoms with Gasteiger partial charge < -0.3 is 9.80 Å². The Hall–Kier alpha value is -5.02. The first-order valence-electron chi connectivity index (χ1n) is 13.5. The minimum absolute atomic E-state index is 0.190. The van der Waals surface area contributed by atoms with E-state index in [9.17, 15) is 0 Å². The Kier molecular flexibility index (Phi) is 4.96. The smallest absolute Gasteiger partial charge is 0.248 e. The van der Waals surface area contributed by atoms with Crippen LogP contribution < -0.4 is 26.2 Å². The number of nitrogens with zero attached hydrogens (tertiary/aromatic N) is 2. The molecule has 6 aromatic carbocycles. The van der Waals surface area contributed by atoms with Crippen molar-refractivity contribution < 1.29 is 0 Å². The SMILES string of the molecule is c1ccc(N(c2ccccc2)c2ccc3c(c2)B2c4ccccc4N(c4ccccc4)c4cccc-3c42)cc1. The Morgan fingerprint density at radius 1 is 0.436 bits per heavy atom. The number of benzene rings is 6. The first-order chi connectivity index (χ1) is 19.4. The van der Waals surface area contributed by atoms with Gasteiger partial charge in [0.25, 0.3) is 0 Å². The standard InChI is InChI=1S/C36H25BN2/c1-4-13-26(14-5-1)38(27-15-6-2-7-16-27)29-23-24-30-31-19-12-22-35-36(31)37(33(30)25-29)32-20-10-11-21-34(32)39(35)28-17-8-3-9-18-28/h1-25H. The molecule has 0 spiro atoms. The van der Waals surface area contributed by atoms with Crippen molar-refractivity contribution in [2.24, 2.45) is 0 Å². The van der Waals surface area contributed by atoms with Gasteiger partial charge in [0, 0.05) is 34.1 Å². The molecule has 2 nitrogen and oxygen atoms in total. The van der Waals surface area contributed by atoms with Gasteiger partial charge in [-0.25, -0.2) is 0 Å². The Labute approximate surface area is 229 Å². The number of fused-ring (bicyclic) bond motifs is 5. The molecule has 0 unspecified atom stereocenters. The van der Waals surface area contributed by atoms with E-state index in [-0.39, 0.29) is 6.71 Å². The summed E-state index contributed by atoms with van der Waals surface area (Å²) < 4.78 is 0. The second kappa shape index (κ2) is 8.78. The number of para-hydroxylation sites is 4. The largest absolute Gasteiger partial charge is 0.312 e. The van der Waals surface area contributed by atoms with Gasteiger partial charge >= 0.3 is 0 Å². The van der Waals surface area contributed by atoms with Crippen LogP contribution in [-0.2, 0) is 0 Å². The summed E-state index contributed by atoms with van der Waals surface area (Å²) in [6, 6.07) is 54.7. The lowest BCUT2D eigenvalue weighted by Gasteiger charge is -2.35. The van der Waals surface area contributed by atoms with E-state index in [2.05, 4.69) is 161 Å². The summed E-state index contributed by atoms with van der Waals surface area (Å²) in [6.07, 6.45) is 0. The van der Waals surface area contributed by atoms with E-state index in [4.69, 9.17) is 0 Å². The van der Waals surface area contributed by atoms with Crippen LogP contribution in [0.4, 0.5) is 34.1 Å². The molecule has 2 aliphatic rings. The molecule has 39 heavy (non-hydrogen) atoms. The highest BCUT2D eigenvalue weighted by Crippen LogP contribution is 2.41. The van der Waals surface area contributed by atoms with Crippen molar-refractivity contribution in [3.8, 4) is 11.1 Å². The Morgan fingerprint density at radius 3 is 1.77 bits per heavy atom. The summed E-state index contributed by atoms with van der Waals surface area (Å²) in [7, 11) is 0. The van der Waals surface area contributed by atoms with E-state index in [1.807, 2.05) is 0 Å². The van der Waals surface area contributed by atoms with Gasteiger partial charge in [-0.05, 0) is 82.7 Å². The van der Waals surface area contributed by atoms with Crippen LogP contribution in [-0.4, -0.2) is 6.71 Å². The molecule has 2 aliphatic heterocycles. The topological polar surface area (TPSA) is 6.48 Å². The summed E-state index contributed by atoms with van der Waals surface area (Å²) in [6.45, 7) is 0.190. The van der Waals surface area contributed by atoms with Crippen molar-refractivity contribution in [3.63, 3.8) is 0 Å². The van der Waals surface area contributed by atoms with E-state index in [0.717, 1.165) is 11.4 Å². The van der Waals surface area contributed by atoms with Gasteiger partial charge in [-0.15, -0.1) is 0 Å². The third-order valence-corrected chi connectivity index (χ3v) is 8.04. The van der Waals surface area contributed by atoms with Crippen molar-refractivity contribution in [2.75, 3.05) is 9.80 Å². The molecular weight excluding hydrogens is 471 g/mol. The molecule has 2 heterocycles. The molecule has 0 N–H and O–H groups in total. The zero-order valence-electron chi connectivity index (χ0n) is 21.4. The van der Waals surface area contributed by atoms with Gasteiger partial charge in [0.05, 0.1) is 0 Å². The van der Waals surface area contributed by atoms with Crippen LogP contribution in [0.25, 0.3) is 11.1 Å². The summed E-state index contributed by atoms with van der Waals surface area (Å²) in [4.78, 5) is 4.78. The third kappa shape index (κ3) is 3.37. The molecule has 0 atom stereocenters. The molecule has 0 saturated heterocycles. The zero-order chi connectivity index (χ0) is 25.8. The molecule has 0 saturated carbocycles. The van der Waals surface area contributed by atoms with Crippen LogP contribution in [0, 0.1) is 0 Å². The maximum absolute atomic E-state index is 2.43. The second-order valence-corrected chi connectivity index (χ2v) is 10.2. The number of hydrogen-bond donors (Lipinski definition) is 0. The summed E-state index contributed by atoms with van der Waals surface area (Å²) in [5.41, 5.74) is 14.0. The third-order valence-electron chi connectivity index (χ3n) is 8.04. The highest BCUT2D eigenvalue weighted by Gasteiger charge is 2.42.